The van der Waals surface area contributed by atoms with Crippen molar-refractivity contribution in [2.45, 2.75) is 18.9 Å². The average Bonchev–Trinajstić information content (AvgIpc) is 2.47. The first-order chi connectivity index (χ1) is 6.75. The number of ketones is 1. The summed E-state index contributed by atoms with van der Waals surface area (Å²) in [6.45, 7) is 0. The fourth-order valence-electron chi connectivity index (χ4n) is 1.69. The Balaban J connectivity index is 2.07. The van der Waals surface area contributed by atoms with E-state index in [4.69, 9.17) is 0 Å². The molecule has 1 unspecified atom stereocenters. The highest BCUT2D eigenvalue weighted by Crippen LogP contribution is 2.19. The molecule has 2 heteroatoms. The predicted octanol–water partition coefficient (Wildman–Crippen LogP) is 1.49. The molecule has 0 fully saturated rings. The van der Waals surface area contributed by atoms with Crippen LogP contribution in [0, 0.1) is 0 Å². The summed E-state index contributed by atoms with van der Waals surface area (Å²) < 4.78 is 0. The van der Waals surface area contributed by atoms with Crippen molar-refractivity contribution < 1.29 is 9.90 Å². The third kappa shape index (κ3) is 1.91. The van der Waals surface area contributed by atoms with E-state index >= 15 is 0 Å². The molecule has 14 heavy (non-hydrogen) atoms. The lowest BCUT2D eigenvalue weighted by Gasteiger charge is -2.02. The molecule has 2 nitrogen and oxygen atoms in total. The highest BCUT2D eigenvalue weighted by atomic mass is 16.3. The van der Waals surface area contributed by atoms with E-state index in [-0.39, 0.29) is 5.78 Å². The van der Waals surface area contributed by atoms with Crippen molar-refractivity contribution in [2.24, 2.45) is 0 Å². The summed E-state index contributed by atoms with van der Waals surface area (Å²) in [7, 11) is 0. The number of hydrogen-bond donors (Lipinski definition) is 1. The molecule has 0 radical (unpaired) electrons. The van der Waals surface area contributed by atoms with Crippen molar-refractivity contribution >= 4 is 5.78 Å². The molecule has 0 saturated heterocycles. The molecule has 1 N–H and O–H groups in total. The van der Waals surface area contributed by atoms with Gasteiger partial charge in [-0.2, -0.15) is 0 Å². The topological polar surface area (TPSA) is 37.3 Å². The van der Waals surface area contributed by atoms with Gasteiger partial charge in [0.2, 0.25) is 0 Å². The fourth-order valence-corrected chi connectivity index (χ4v) is 1.69. The van der Waals surface area contributed by atoms with Crippen LogP contribution in [0.25, 0.3) is 0 Å². The Labute approximate surface area is 82.9 Å². The number of aliphatic hydroxyl groups is 1. The van der Waals surface area contributed by atoms with Gasteiger partial charge in [0, 0.05) is 6.42 Å². The first-order valence-electron chi connectivity index (χ1n) is 4.71. The third-order valence-electron chi connectivity index (χ3n) is 2.40. The molecule has 72 valence electrons. The highest BCUT2D eigenvalue weighted by molar-refractivity contribution is 5.96. The van der Waals surface area contributed by atoms with Crippen LogP contribution in [0.5, 0.6) is 0 Å². The molecule has 0 heterocycles. The van der Waals surface area contributed by atoms with E-state index in [2.05, 4.69) is 0 Å². The first-order valence-corrected chi connectivity index (χ1v) is 4.71. The molecular weight excluding hydrogens is 176 g/mol. The molecular formula is C12H12O2. The summed E-state index contributed by atoms with van der Waals surface area (Å²) in [6, 6.07) is 9.96. The molecule has 1 aromatic carbocycles. The monoisotopic (exact) mass is 188 g/mol. The predicted molar refractivity (Wildman–Crippen MR) is 53.9 cm³/mol. The Kier molecular flexibility index (Phi) is 2.46. The SMILES string of the molecule is O=C1C=C(Cc2ccccc2)CC1O. The minimum Gasteiger partial charge on any atom is -0.385 e. The minimum absolute atomic E-state index is 0.157. The summed E-state index contributed by atoms with van der Waals surface area (Å²) in [4.78, 5) is 11.0. The second kappa shape index (κ2) is 3.76. The maximum Gasteiger partial charge on any atom is 0.184 e. The normalized spacial score (nSPS) is 21.1. The molecule has 0 amide bonds. The Hall–Kier alpha value is -1.41. The zero-order chi connectivity index (χ0) is 9.97. The van der Waals surface area contributed by atoms with Gasteiger partial charge in [0.25, 0.3) is 0 Å². The lowest BCUT2D eigenvalue weighted by Crippen LogP contribution is -2.11. The lowest BCUT2D eigenvalue weighted by molar-refractivity contribution is -0.121. The molecule has 0 aromatic heterocycles. The number of carbonyl (C=O) groups excluding carboxylic acids is 1. The largest absolute Gasteiger partial charge is 0.385 e. The number of hydrogen-bond acceptors (Lipinski definition) is 2. The number of aliphatic hydroxyl groups excluding tert-OH is 1. The highest BCUT2D eigenvalue weighted by Gasteiger charge is 2.22. The standard InChI is InChI=1S/C12H12O2/c13-11-7-10(8-12(11)14)6-9-4-2-1-3-5-9/h1-5,7,12,14H,6,8H2. The van der Waals surface area contributed by atoms with Gasteiger partial charge in [0.1, 0.15) is 6.10 Å². The van der Waals surface area contributed by atoms with Gasteiger partial charge in [-0.15, -0.1) is 0 Å². The van der Waals surface area contributed by atoms with Crippen LogP contribution in [-0.4, -0.2) is 17.0 Å². The summed E-state index contributed by atoms with van der Waals surface area (Å²) >= 11 is 0. The smallest absolute Gasteiger partial charge is 0.184 e. The molecule has 0 bridgehead atoms. The van der Waals surface area contributed by atoms with Crippen LogP contribution in [0.4, 0.5) is 0 Å². The summed E-state index contributed by atoms with van der Waals surface area (Å²) in [5.74, 6) is -0.157. The van der Waals surface area contributed by atoms with Crippen LogP contribution in [-0.2, 0) is 11.2 Å². The zero-order valence-electron chi connectivity index (χ0n) is 7.81. The van der Waals surface area contributed by atoms with Crippen molar-refractivity contribution in [3.8, 4) is 0 Å². The van der Waals surface area contributed by atoms with Gasteiger partial charge in [-0.3, -0.25) is 4.79 Å². The Bertz CT molecular complexity index is 365. The quantitative estimate of drug-likeness (QED) is 0.763. The van der Waals surface area contributed by atoms with E-state index in [9.17, 15) is 9.90 Å². The Morgan fingerprint density at radius 2 is 2.00 bits per heavy atom. The van der Waals surface area contributed by atoms with Crippen LogP contribution in [0.2, 0.25) is 0 Å². The minimum atomic E-state index is -0.797. The van der Waals surface area contributed by atoms with E-state index in [0.29, 0.717) is 6.42 Å². The number of benzene rings is 1. The van der Waals surface area contributed by atoms with E-state index in [1.54, 1.807) is 6.08 Å². The molecule has 0 saturated carbocycles. The molecule has 1 aliphatic carbocycles. The van der Waals surface area contributed by atoms with E-state index < -0.39 is 6.10 Å². The van der Waals surface area contributed by atoms with Crippen molar-refractivity contribution in [3.05, 3.63) is 47.5 Å². The lowest BCUT2D eigenvalue weighted by atomic mass is 10.0. The summed E-state index contributed by atoms with van der Waals surface area (Å²) in [6.07, 6.45) is 2.03. The molecule has 0 spiro atoms. The van der Waals surface area contributed by atoms with E-state index in [1.165, 1.54) is 5.56 Å². The van der Waals surface area contributed by atoms with Crippen molar-refractivity contribution in [2.75, 3.05) is 0 Å². The van der Waals surface area contributed by atoms with Gasteiger partial charge >= 0.3 is 0 Å². The first kappa shape index (κ1) is 9.16. The second-order valence-electron chi connectivity index (χ2n) is 3.59. The average molecular weight is 188 g/mol. The second-order valence-corrected chi connectivity index (χ2v) is 3.59. The van der Waals surface area contributed by atoms with Gasteiger partial charge < -0.3 is 5.11 Å². The zero-order valence-corrected chi connectivity index (χ0v) is 7.81. The van der Waals surface area contributed by atoms with E-state index in [0.717, 1.165) is 12.0 Å². The fraction of sp³-hybridized carbons (Fsp3) is 0.250. The maximum absolute atomic E-state index is 11.0. The molecule has 1 aromatic rings. The number of carbonyl (C=O) groups is 1. The summed E-state index contributed by atoms with van der Waals surface area (Å²) in [5.41, 5.74) is 2.20. The third-order valence-corrected chi connectivity index (χ3v) is 2.40. The van der Waals surface area contributed by atoms with Crippen LogP contribution < -0.4 is 0 Å². The number of rotatable bonds is 2. The van der Waals surface area contributed by atoms with Crippen LogP contribution in [0.15, 0.2) is 42.0 Å². The van der Waals surface area contributed by atoms with Gasteiger partial charge in [-0.05, 0) is 18.1 Å². The molecule has 2 rings (SSSR count). The Morgan fingerprint density at radius 3 is 2.57 bits per heavy atom. The van der Waals surface area contributed by atoms with Crippen LogP contribution >= 0.6 is 0 Å². The van der Waals surface area contributed by atoms with Gasteiger partial charge in [0.15, 0.2) is 5.78 Å². The molecule has 1 atom stereocenters. The van der Waals surface area contributed by atoms with Crippen LogP contribution in [0.1, 0.15) is 12.0 Å². The molecule has 1 aliphatic rings. The van der Waals surface area contributed by atoms with Crippen molar-refractivity contribution in [3.63, 3.8) is 0 Å². The van der Waals surface area contributed by atoms with Gasteiger partial charge in [-0.25, -0.2) is 0 Å². The van der Waals surface area contributed by atoms with Crippen molar-refractivity contribution in [1.82, 2.24) is 0 Å². The van der Waals surface area contributed by atoms with Crippen molar-refractivity contribution in [1.29, 1.82) is 0 Å². The molecule has 0 aliphatic heterocycles. The Morgan fingerprint density at radius 1 is 1.29 bits per heavy atom. The maximum atomic E-state index is 11.0. The van der Waals surface area contributed by atoms with Gasteiger partial charge in [0.05, 0.1) is 0 Å². The van der Waals surface area contributed by atoms with E-state index in [1.807, 2.05) is 30.3 Å². The van der Waals surface area contributed by atoms with Gasteiger partial charge in [-0.1, -0.05) is 35.9 Å². The van der Waals surface area contributed by atoms with Crippen LogP contribution in [0.3, 0.4) is 0 Å². The summed E-state index contributed by atoms with van der Waals surface area (Å²) in [5, 5.41) is 9.24.